The average Bonchev–Trinajstić information content (AvgIpc) is 2.78. The van der Waals surface area contributed by atoms with Crippen molar-refractivity contribution in [2.24, 2.45) is 5.92 Å². The van der Waals surface area contributed by atoms with E-state index < -0.39 is 0 Å². The molecule has 102 valence electrons. The number of rotatable bonds is 2. The molecule has 2 nitrogen and oxygen atoms in total. The van der Waals surface area contributed by atoms with Gasteiger partial charge in [-0.2, -0.15) is 0 Å². The average molecular weight is 266 g/mol. The molecule has 0 bridgehead atoms. The fraction of sp³-hybridized carbons (Fsp3) is 0.800. The van der Waals surface area contributed by atoms with E-state index in [1.165, 1.54) is 36.4 Å². The molecule has 1 saturated carbocycles. The van der Waals surface area contributed by atoms with E-state index in [1.54, 1.807) is 0 Å². The molecule has 1 aromatic rings. The minimum Gasteiger partial charge on any atom is -0.308 e. The maximum atomic E-state index is 4.94. The number of hydrogen-bond donors (Lipinski definition) is 1. The number of thiazole rings is 1. The molecule has 18 heavy (non-hydrogen) atoms. The minimum atomic E-state index is 0.131. The van der Waals surface area contributed by atoms with Gasteiger partial charge in [-0.25, -0.2) is 4.98 Å². The lowest BCUT2D eigenvalue weighted by molar-refractivity contribution is 0.198. The molecule has 0 aliphatic heterocycles. The molecule has 1 heterocycles. The van der Waals surface area contributed by atoms with Crippen LogP contribution in [0.15, 0.2) is 5.38 Å². The van der Waals surface area contributed by atoms with Crippen LogP contribution in [0.4, 0.5) is 0 Å². The second kappa shape index (κ2) is 4.93. The Kier molecular flexibility index (Phi) is 3.84. The zero-order valence-corrected chi connectivity index (χ0v) is 13.2. The zero-order chi connectivity index (χ0) is 13.4. The summed E-state index contributed by atoms with van der Waals surface area (Å²) in [5.41, 5.74) is 1.52. The van der Waals surface area contributed by atoms with Gasteiger partial charge in [-0.05, 0) is 25.8 Å². The molecule has 3 heteroatoms. The van der Waals surface area contributed by atoms with Gasteiger partial charge >= 0.3 is 0 Å². The second-order valence-corrected chi connectivity index (χ2v) is 7.68. The summed E-state index contributed by atoms with van der Waals surface area (Å²) >= 11 is 1.83. The van der Waals surface area contributed by atoms with Gasteiger partial charge in [-0.1, -0.05) is 40.5 Å². The highest BCUT2D eigenvalue weighted by Crippen LogP contribution is 2.41. The maximum absolute atomic E-state index is 4.94. The van der Waals surface area contributed by atoms with Crippen molar-refractivity contribution in [3.8, 4) is 0 Å². The summed E-state index contributed by atoms with van der Waals surface area (Å²) in [6, 6.07) is 0. The van der Waals surface area contributed by atoms with Crippen LogP contribution in [0.3, 0.4) is 0 Å². The van der Waals surface area contributed by atoms with Gasteiger partial charge in [0.1, 0.15) is 5.01 Å². The van der Waals surface area contributed by atoms with Gasteiger partial charge in [0.2, 0.25) is 0 Å². The summed E-state index contributed by atoms with van der Waals surface area (Å²) in [6.45, 7) is 9.08. The van der Waals surface area contributed by atoms with E-state index in [2.05, 4.69) is 45.4 Å². The molecule has 0 amide bonds. The first-order valence-corrected chi connectivity index (χ1v) is 7.91. The molecule has 1 N–H and O–H groups in total. The van der Waals surface area contributed by atoms with Crippen molar-refractivity contribution < 1.29 is 0 Å². The standard InChI is InChI=1S/C15H26N2S/c1-11-7-6-8-15(9-11,16-5)13-17-12(10-18-13)14(2,3)4/h10-11,16H,6-9H2,1-5H3. The summed E-state index contributed by atoms with van der Waals surface area (Å²) in [7, 11) is 2.09. The van der Waals surface area contributed by atoms with Crippen molar-refractivity contribution >= 4 is 11.3 Å². The minimum absolute atomic E-state index is 0.131. The van der Waals surface area contributed by atoms with Crippen molar-refractivity contribution in [3.63, 3.8) is 0 Å². The van der Waals surface area contributed by atoms with Gasteiger partial charge in [-0.3, -0.25) is 0 Å². The largest absolute Gasteiger partial charge is 0.308 e. The van der Waals surface area contributed by atoms with Crippen LogP contribution in [0, 0.1) is 5.92 Å². The molecular formula is C15H26N2S. The molecule has 2 atom stereocenters. The van der Waals surface area contributed by atoms with E-state index in [9.17, 15) is 0 Å². The van der Waals surface area contributed by atoms with Gasteiger partial charge in [-0.15, -0.1) is 11.3 Å². The Bertz CT molecular complexity index is 405. The van der Waals surface area contributed by atoms with E-state index in [-0.39, 0.29) is 11.0 Å². The number of nitrogens with zero attached hydrogens (tertiary/aromatic N) is 1. The van der Waals surface area contributed by atoms with E-state index >= 15 is 0 Å². The normalized spacial score (nSPS) is 29.5. The lowest BCUT2D eigenvalue weighted by Crippen LogP contribution is -2.43. The van der Waals surface area contributed by atoms with E-state index in [0.717, 1.165) is 5.92 Å². The highest BCUT2D eigenvalue weighted by atomic mass is 32.1. The second-order valence-electron chi connectivity index (χ2n) is 6.82. The fourth-order valence-corrected chi connectivity index (χ4v) is 4.21. The first-order valence-electron chi connectivity index (χ1n) is 7.03. The lowest BCUT2D eigenvalue weighted by Gasteiger charge is -2.38. The Hall–Kier alpha value is -0.410. The highest BCUT2D eigenvalue weighted by Gasteiger charge is 2.38. The summed E-state index contributed by atoms with van der Waals surface area (Å²) in [6.07, 6.45) is 5.12. The van der Waals surface area contributed by atoms with Crippen LogP contribution in [-0.2, 0) is 11.0 Å². The number of nitrogens with one attached hydrogen (secondary N) is 1. The highest BCUT2D eigenvalue weighted by molar-refractivity contribution is 7.09. The van der Waals surface area contributed by atoms with Gasteiger partial charge < -0.3 is 5.32 Å². The van der Waals surface area contributed by atoms with Crippen molar-refractivity contribution in [3.05, 3.63) is 16.1 Å². The van der Waals surface area contributed by atoms with Crippen molar-refractivity contribution in [2.75, 3.05) is 7.05 Å². The Morgan fingerprint density at radius 1 is 1.44 bits per heavy atom. The van der Waals surface area contributed by atoms with Crippen LogP contribution in [0.2, 0.25) is 0 Å². The summed E-state index contributed by atoms with van der Waals surface area (Å²) in [5, 5.41) is 7.11. The topological polar surface area (TPSA) is 24.9 Å². The smallest absolute Gasteiger partial charge is 0.113 e. The lowest BCUT2D eigenvalue weighted by atomic mass is 9.77. The first kappa shape index (κ1) is 14.0. The fourth-order valence-electron chi connectivity index (χ4n) is 2.92. The van der Waals surface area contributed by atoms with Crippen LogP contribution in [0.5, 0.6) is 0 Å². The van der Waals surface area contributed by atoms with E-state index in [4.69, 9.17) is 4.98 Å². The third-order valence-electron chi connectivity index (χ3n) is 4.16. The van der Waals surface area contributed by atoms with E-state index in [0.29, 0.717) is 0 Å². The molecule has 1 fully saturated rings. The molecule has 1 aliphatic carbocycles. The van der Waals surface area contributed by atoms with E-state index in [1.807, 2.05) is 11.3 Å². The molecule has 2 unspecified atom stereocenters. The Morgan fingerprint density at radius 3 is 2.67 bits per heavy atom. The maximum Gasteiger partial charge on any atom is 0.113 e. The third-order valence-corrected chi connectivity index (χ3v) is 5.20. The third kappa shape index (κ3) is 2.62. The Morgan fingerprint density at radius 2 is 2.17 bits per heavy atom. The predicted octanol–water partition coefficient (Wildman–Crippen LogP) is 4.07. The molecule has 1 aromatic heterocycles. The van der Waals surface area contributed by atoms with Gasteiger partial charge in [0.25, 0.3) is 0 Å². The monoisotopic (exact) mass is 266 g/mol. The molecule has 0 aromatic carbocycles. The van der Waals surface area contributed by atoms with Crippen molar-refractivity contribution in [2.45, 2.75) is 64.3 Å². The van der Waals surface area contributed by atoms with Gasteiger partial charge in [0, 0.05) is 10.8 Å². The SMILES string of the molecule is CNC1(c2nc(C(C)(C)C)cs2)CCCC(C)C1. The van der Waals surface area contributed by atoms with Crippen LogP contribution >= 0.6 is 11.3 Å². The van der Waals surface area contributed by atoms with Gasteiger partial charge in [0.15, 0.2) is 0 Å². The van der Waals surface area contributed by atoms with Crippen molar-refractivity contribution in [1.82, 2.24) is 10.3 Å². The molecule has 1 aliphatic rings. The van der Waals surface area contributed by atoms with Crippen LogP contribution in [0.25, 0.3) is 0 Å². The quantitative estimate of drug-likeness (QED) is 0.873. The summed E-state index contributed by atoms with van der Waals surface area (Å²) in [4.78, 5) is 4.94. The number of hydrogen-bond acceptors (Lipinski definition) is 3. The Balaban J connectivity index is 2.30. The summed E-state index contributed by atoms with van der Waals surface area (Å²) in [5.74, 6) is 0.799. The van der Waals surface area contributed by atoms with Crippen LogP contribution < -0.4 is 5.32 Å². The van der Waals surface area contributed by atoms with Crippen LogP contribution in [0.1, 0.15) is 64.1 Å². The molecule has 0 spiro atoms. The van der Waals surface area contributed by atoms with Crippen LogP contribution in [-0.4, -0.2) is 12.0 Å². The molecule has 0 saturated heterocycles. The Labute approximate surface area is 115 Å². The van der Waals surface area contributed by atoms with Gasteiger partial charge in [0.05, 0.1) is 11.2 Å². The zero-order valence-electron chi connectivity index (χ0n) is 12.3. The molecule has 0 radical (unpaired) electrons. The predicted molar refractivity (Wildman–Crippen MR) is 79.2 cm³/mol. The summed E-state index contributed by atoms with van der Waals surface area (Å²) < 4.78 is 0. The van der Waals surface area contributed by atoms with Crippen molar-refractivity contribution in [1.29, 1.82) is 0 Å². The number of aromatic nitrogens is 1. The molecular weight excluding hydrogens is 240 g/mol. The first-order chi connectivity index (χ1) is 8.37. The molecule has 2 rings (SSSR count).